The molecule has 1 aromatic rings. The molecule has 1 aromatic heterocycles. The third kappa shape index (κ3) is 2.50. The molecule has 88 valence electrons. The molecule has 0 radical (unpaired) electrons. The third-order valence-corrected chi connectivity index (χ3v) is 3.04. The molecule has 1 saturated heterocycles. The van der Waals surface area contributed by atoms with Crippen LogP contribution in [0.1, 0.15) is 31.0 Å². The van der Waals surface area contributed by atoms with Crippen molar-refractivity contribution in [2.24, 2.45) is 0 Å². The Balaban J connectivity index is 2.08. The highest BCUT2D eigenvalue weighted by molar-refractivity contribution is 5.28. The minimum atomic E-state index is 0.305. The molecule has 1 aliphatic heterocycles. The SMILES string of the molecule is CCc1ncnc(OC2CCNCC2)c1C. The number of hydrogen-bond donors (Lipinski definition) is 1. The third-order valence-electron chi connectivity index (χ3n) is 3.04. The van der Waals surface area contributed by atoms with Crippen LogP contribution in [0.3, 0.4) is 0 Å². The van der Waals surface area contributed by atoms with Crippen LogP contribution >= 0.6 is 0 Å². The van der Waals surface area contributed by atoms with E-state index in [1.54, 1.807) is 6.33 Å². The first-order valence-electron chi connectivity index (χ1n) is 5.99. The summed E-state index contributed by atoms with van der Waals surface area (Å²) in [4.78, 5) is 8.47. The maximum Gasteiger partial charge on any atom is 0.219 e. The topological polar surface area (TPSA) is 47.0 Å². The van der Waals surface area contributed by atoms with E-state index in [-0.39, 0.29) is 0 Å². The van der Waals surface area contributed by atoms with E-state index >= 15 is 0 Å². The Morgan fingerprint density at radius 3 is 2.81 bits per heavy atom. The van der Waals surface area contributed by atoms with Crippen LogP contribution in [-0.2, 0) is 6.42 Å². The summed E-state index contributed by atoms with van der Waals surface area (Å²) in [6.07, 6.45) is 4.95. The summed E-state index contributed by atoms with van der Waals surface area (Å²) in [7, 11) is 0. The Morgan fingerprint density at radius 2 is 2.12 bits per heavy atom. The van der Waals surface area contributed by atoms with Gasteiger partial charge in [0.05, 0.1) is 5.69 Å². The van der Waals surface area contributed by atoms with Crippen molar-refractivity contribution < 1.29 is 4.74 Å². The molecular formula is C12H19N3O. The number of nitrogens with one attached hydrogen (secondary N) is 1. The first-order valence-corrected chi connectivity index (χ1v) is 5.99. The number of ether oxygens (including phenoxy) is 1. The van der Waals surface area contributed by atoms with Crippen LogP contribution in [0.15, 0.2) is 6.33 Å². The van der Waals surface area contributed by atoms with Gasteiger partial charge in [-0.2, -0.15) is 0 Å². The largest absolute Gasteiger partial charge is 0.474 e. The lowest BCUT2D eigenvalue weighted by atomic mass is 10.1. The number of nitrogens with zero attached hydrogens (tertiary/aromatic N) is 2. The summed E-state index contributed by atoms with van der Waals surface area (Å²) in [5, 5.41) is 3.32. The second kappa shape index (κ2) is 5.25. The molecule has 0 aliphatic carbocycles. The second-order valence-electron chi connectivity index (χ2n) is 4.17. The van der Waals surface area contributed by atoms with Crippen LogP contribution in [0.25, 0.3) is 0 Å². The summed E-state index contributed by atoms with van der Waals surface area (Å²) >= 11 is 0. The number of aromatic nitrogens is 2. The van der Waals surface area contributed by atoms with Crippen molar-refractivity contribution in [3.05, 3.63) is 17.6 Å². The molecule has 16 heavy (non-hydrogen) atoms. The van der Waals surface area contributed by atoms with E-state index in [4.69, 9.17) is 4.74 Å². The molecule has 2 heterocycles. The van der Waals surface area contributed by atoms with Crippen LogP contribution in [0.2, 0.25) is 0 Å². The van der Waals surface area contributed by atoms with Crippen LogP contribution < -0.4 is 10.1 Å². The van der Waals surface area contributed by atoms with Gasteiger partial charge in [-0.1, -0.05) is 6.92 Å². The molecule has 0 unspecified atom stereocenters. The normalized spacial score (nSPS) is 17.4. The molecule has 0 bridgehead atoms. The highest BCUT2D eigenvalue weighted by Crippen LogP contribution is 2.20. The van der Waals surface area contributed by atoms with Crippen molar-refractivity contribution in [2.45, 2.75) is 39.2 Å². The molecule has 0 saturated carbocycles. The van der Waals surface area contributed by atoms with Crippen molar-refractivity contribution in [2.75, 3.05) is 13.1 Å². The lowest BCUT2D eigenvalue weighted by Gasteiger charge is -2.24. The van der Waals surface area contributed by atoms with Gasteiger partial charge < -0.3 is 10.1 Å². The van der Waals surface area contributed by atoms with E-state index in [2.05, 4.69) is 22.2 Å². The van der Waals surface area contributed by atoms with E-state index in [0.29, 0.717) is 6.10 Å². The van der Waals surface area contributed by atoms with E-state index in [9.17, 15) is 0 Å². The molecular weight excluding hydrogens is 202 g/mol. The molecule has 0 spiro atoms. The predicted molar refractivity (Wildman–Crippen MR) is 62.7 cm³/mol. The smallest absolute Gasteiger partial charge is 0.219 e. The fourth-order valence-electron chi connectivity index (χ4n) is 2.01. The maximum atomic E-state index is 5.94. The van der Waals surface area contributed by atoms with Gasteiger partial charge in [0.2, 0.25) is 5.88 Å². The highest BCUT2D eigenvalue weighted by atomic mass is 16.5. The average Bonchev–Trinajstić information content (AvgIpc) is 2.33. The van der Waals surface area contributed by atoms with Crippen LogP contribution in [0.5, 0.6) is 5.88 Å². The van der Waals surface area contributed by atoms with Crippen molar-refractivity contribution in [3.8, 4) is 5.88 Å². The molecule has 4 heteroatoms. The van der Waals surface area contributed by atoms with Crippen molar-refractivity contribution in [3.63, 3.8) is 0 Å². The van der Waals surface area contributed by atoms with Crippen molar-refractivity contribution >= 4 is 0 Å². The van der Waals surface area contributed by atoms with Crippen LogP contribution in [-0.4, -0.2) is 29.2 Å². The molecule has 4 nitrogen and oxygen atoms in total. The second-order valence-corrected chi connectivity index (χ2v) is 4.17. The lowest BCUT2D eigenvalue weighted by molar-refractivity contribution is 0.154. The van der Waals surface area contributed by atoms with E-state index < -0.39 is 0 Å². The van der Waals surface area contributed by atoms with Crippen LogP contribution in [0.4, 0.5) is 0 Å². The summed E-state index contributed by atoms with van der Waals surface area (Å²) in [5.74, 6) is 0.763. The molecule has 0 aromatic carbocycles. The highest BCUT2D eigenvalue weighted by Gasteiger charge is 2.16. The minimum Gasteiger partial charge on any atom is -0.474 e. The van der Waals surface area contributed by atoms with Crippen molar-refractivity contribution in [1.82, 2.24) is 15.3 Å². The Bertz CT molecular complexity index is 348. The van der Waals surface area contributed by atoms with Gasteiger partial charge in [0, 0.05) is 5.56 Å². The summed E-state index contributed by atoms with van der Waals surface area (Å²) in [5.41, 5.74) is 2.17. The zero-order chi connectivity index (χ0) is 11.4. The quantitative estimate of drug-likeness (QED) is 0.839. The zero-order valence-corrected chi connectivity index (χ0v) is 9.99. The standard InChI is InChI=1S/C12H19N3O/c1-3-11-9(2)12(15-8-14-11)16-10-4-6-13-7-5-10/h8,10,13H,3-7H2,1-2H3. The summed E-state index contributed by atoms with van der Waals surface area (Å²) in [6.45, 7) is 6.21. The first kappa shape index (κ1) is 11.3. The summed E-state index contributed by atoms with van der Waals surface area (Å²) in [6, 6.07) is 0. The fraction of sp³-hybridized carbons (Fsp3) is 0.667. The molecule has 1 fully saturated rings. The maximum absolute atomic E-state index is 5.94. The van der Waals surface area contributed by atoms with E-state index in [1.807, 2.05) is 6.92 Å². The molecule has 1 aliphatic rings. The molecule has 1 N–H and O–H groups in total. The number of aryl methyl sites for hydroxylation is 1. The number of rotatable bonds is 3. The molecule has 0 atom stereocenters. The van der Waals surface area contributed by atoms with Gasteiger partial charge in [-0.25, -0.2) is 9.97 Å². The zero-order valence-electron chi connectivity index (χ0n) is 9.99. The van der Waals surface area contributed by atoms with Gasteiger partial charge in [0.25, 0.3) is 0 Å². The fourth-order valence-corrected chi connectivity index (χ4v) is 2.01. The number of piperidine rings is 1. The van der Waals surface area contributed by atoms with Gasteiger partial charge in [-0.15, -0.1) is 0 Å². The van der Waals surface area contributed by atoms with Gasteiger partial charge in [0.1, 0.15) is 12.4 Å². The monoisotopic (exact) mass is 221 g/mol. The van der Waals surface area contributed by atoms with Gasteiger partial charge in [0.15, 0.2) is 0 Å². The Hall–Kier alpha value is -1.16. The molecule has 0 amide bonds. The van der Waals surface area contributed by atoms with E-state index in [0.717, 1.165) is 49.5 Å². The summed E-state index contributed by atoms with van der Waals surface area (Å²) < 4.78 is 5.94. The Morgan fingerprint density at radius 1 is 1.38 bits per heavy atom. The Labute approximate surface area is 96.4 Å². The Kier molecular flexibility index (Phi) is 3.72. The van der Waals surface area contributed by atoms with Gasteiger partial charge in [-0.05, 0) is 39.3 Å². The average molecular weight is 221 g/mol. The minimum absolute atomic E-state index is 0.305. The van der Waals surface area contributed by atoms with Gasteiger partial charge in [-0.3, -0.25) is 0 Å². The predicted octanol–water partition coefficient (Wildman–Crippen LogP) is 1.48. The van der Waals surface area contributed by atoms with Crippen LogP contribution in [0, 0.1) is 6.92 Å². The van der Waals surface area contributed by atoms with Crippen molar-refractivity contribution in [1.29, 1.82) is 0 Å². The first-order chi connectivity index (χ1) is 7.81. The van der Waals surface area contributed by atoms with Gasteiger partial charge >= 0.3 is 0 Å². The molecule has 2 rings (SSSR count). The lowest BCUT2D eigenvalue weighted by Crippen LogP contribution is -2.34. The number of hydrogen-bond acceptors (Lipinski definition) is 4. The van der Waals surface area contributed by atoms with E-state index in [1.165, 1.54) is 0 Å².